The number of rotatable bonds is 4. The molecule has 0 radical (unpaired) electrons. The van der Waals surface area contributed by atoms with Gasteiger partial charge in [-0.3, -0.25) is 4.79 Å². The lowest BCUT2D eigenvalue weighted by molar-refractivity contribution is 0.0996. The number of nitrogens with zero attached hydrogens (tertiary/aromatic N) is 2. The number of benzene rings is 1. The number of hydrogen-bond acceptors (Lipinski definition) is 4. The highest BCUT2D eigenvalue weighted by atomic mass is 79.9. The Labute approximate surface area is 156 Å². The maximum absolute atomic E-state index is 11.7. The van der Waals surface area contributed by atoms with Gasteiger partial charge in [0.2, 0.25) is 0 Å². The summed E-state index contributed by atoms with van der Waals surface area (Å²) in [5, 5.41) is 9.26. The minimum Gasteiger partial charge on any atom is -0.367 e. The molecule has 0 atom stereocenters. The highest BCUT2D eigenvalue weighted by Gasteiger charge is 2.18. The smallest absolute Gasteiger partial charge is 0.270 e. The molecule has 1 amide bonds. The third-order valence-electron chi connectivity index (χ3n) is 3.92. The van der Waals surface area contributed by atoms with Gasteiger partial charge in [-0.05, 0) is 35.4 Å². The molecule has 3 heterocycles. The van der Waals surface area contributed by atoms with Gasteiger partial charge in [0.1, 0.15) is 0 Å². The average Bonchev–Trinajstić information content (AvgIpc) is 3.25. The summed E-state index contributed by atoms with van der Waals surface area (Å²) in [5.41, 5.74) is 8.73. The number of hydrogen-bond donors (Lipinski definition) is 2. The molecule has 3 N–H and O–H groups in total. The standard InChI is InChI=1S/C18H13BrN4OS/c19-12-3-1-11(2-4-12)15-8-13-14(7-10-5-6-21-9-10)22-23-16(18(20)24)17(13)25-15/h1-6,8-9,21H,7H2,(H2,20,24). The SMILES string of the molecule is NC(=O)c1nnc(Cc2cc[nH]c2)c2cc(-c3ccc(Br)cc3)sc12. The second kappa shape index (κ2) is 6.42. The van der Waals surface area contributed by atoms with Crippen molar-refractivity contribution in [2.45, 2.75) is 6.42 Å². The van der Waals surface area contributed by atoms with Gasteiger partial charge in [-0.2, -0.15) is 5.10 Å². The van der Waals surface area contributed by atoms with Crippen LogP contribution >= 0.6 is 27.3 Å². The number of aromatic nitrogens is 3. The number of fused-ring (bicyclic) bond motifs is 1. The number of amides is 1. The van der Waals surface area contributed by atoms with E-state index in [-0.39, 0.29) is 5.69 Å². The molecule has 0 unspecified atom stereocenters. The third-order valence-corrected chi connectivity index (χ3v) is 5.64. The van der Waals surface area contributed by atoms with Crippen molar-refractivity contribution in [3.63, 3.8) is 0 Å². The van der Waals surface area contributed by atoms with Crippen molar-refractivity contribution in [1.82, 2.24) is 15.2 Å². The average molecular weight is 413 g/mol. The molecular formula is C18H13BrN4OS. The highest BCUT2D eigenvalue weighted by molar-refractivity contribution is 9.10. The maximum Gasteiger partial charge on any atom is 0.270 e. The maximum atomic E-state index is 11.7. The number of nitrogens with two attached hydrogens (primary N) is 1. The Morgan fingerprint density at radius 1 is 1.20 bits per heavy atom. The number of H-pyrrole nitrogens is 1. The van der Waals surface area contributed by atoms with E-state index in [2.05, 4.69) is 37.2 Å². The molecule has 0 saturated heterocycles. The molecule has 1 aromatic carbocycles. The number of thiophene rings is 1. The fraction of sp³-hybridized carbons (Fsp3) is 0.0556. The second-order valence-electron chi connectivity index (χ2n) is 5.62. The van der Waals surface area contributed by atoms with Crippen molar-refractivity contribution in [2.24, 2.45) is 5.73 Å². The number of nitrogens with one attached hydrogen (secondary N) is 1. The minimum absolute atomic E-state index is 0.223. The fourth-order valence-corrected chi connectivity index (χ4v) is 4.14. The van der Waals surface area contributed by atoms with Crippen LogP contribution in [-0.4, -0.2) is 21.1 Å². The van der Waals surface area contributed by atoms with Crippen molar-refractivity contribution in [3.05, 3.63) is 70.2 Å². The Hall–Kier alpha value is -2.51. The van der Waals surface area contributed by atoms with Crippen LogP contribution in [0, 0.1) is 0 Å². The Balaban J connectivity index is 1.88. The molecule has 4 rings (SSSR count). The van der Waals surface area contributed by atoms with E-state index in [4.69, 9.17) is 5.73 Å². The first-order valence-electron chi connectivity index (χ1n) is 7.58. The molecule has 0 fully saturated rings. The predicted octanol–water partition coefficient (Wildman–Crippen LogP) is 4.14. The summed E-state index contributed by atoms with van der Waals surface area (Å²) >= 11 is 4.96. The zero-order valence-corrected chi connectivity index (χ0v) is 15.4. The van der Waals surface area contributed by atoms with E-state index in [1.165, 1.54) is 11.3 Å². The van der Waals surface area contributed by atoms with Crippen LogP contribution in [0.15, 0.2) is 53.3 Å². The first-order chi connectivity index (χ1) is 12.1. The van der Waals surface area contributed by atoms with Crippen molar-refractivity contribution in [2.75, 3.05) is 0 Å². The van der Waals surface area contributed by atoms with Crippen LogP contribution in [0.4, 0.5) is 0 Å². The van der Waals surface area contributed by atoms with Gasteiger partial charge in [0, 0.05) is 33.6 Å². The lowest BCUT2D eigenvalue weighted by Crippen LogP contribution is -2.14. The molecule has 3 aromatic heterocycles. The second-order valence-corrected chi connectivity index (χ2v) is 7.58. The van der Waals surface area contributed by atoms with Gasteiger partial charge in [0.05, 0.1) is 10.4 Å². The quantitative estimate of drug-likeness (QED) is 0.528. The van der Waals surface area contributed by atoms with E-state index in [1.807, 2.05) is 42.7 Å². The van der Waals surface area contributed by atoms with E-state index in [9.17, 15) is 4.79 Å². The monoisotopic (exact) mass is 412 g/mol. The number of halogens is 1. The molecule has 124 valence electrons. The van der Waals surface area contributed by atoms with Crippen molar-refractivity contribution < 1.29 is 4.79 Å². The summed E-state index contributed by atoms with van der Waals surface area (Å²) in [7, 11) is 0. The van der Waals surface area contributed by atoms with Gasteiger partial charge < -0.3 is 10.7 Å². The van der Waals surface area contributed by atoms with Crippen LogP contribution in [0.1, 0.15) is 21.7 Å². The Kier molecular flexibility index (Phi) is 4.10. The molecule has 25 heavy (non-hydrogen) atoms. The van der Waals surface area contributed by atoms with Crippen LogP contribution in [0.3, 0.4) is 0 Å². The Morgan fingerprint density at radius 2 is 2.00 bits per heavy atom. The van der Waals surface area contributed by atoms with Gasteiger partial charge in [-0.25, -0.2) is 0 Å². The van der Waals surface area contributed by atoms with Crippen LogP contribution in [0.5, 0.6) is 0 Å². The summed E-state index contributed by atoms with van der Waals surface area (Å²) in [6.45, 7) is 0. The summed E-state index contributed by atoms with van der Waals surface area (Å²) in [4.78, 5) is 15.8. The van der Waals surface area contributed by atoms with Gasteiger partial charge in [0.25, 0.3) is 5.91 Å². The van der Waals surface area contributed by atoms with Crippen molar-refractivity contribution in [1.29, 1.82) is 0 Å². The molecule has 0 saturated carbocycles. The number of primary amides is 1. The van der Waals surface area contributed by atoms with E-state index >= 15 is 0 Å². The van der Waals surface area contributed by atoms with Gasteiger partial charge >= 0.3 is 0 Å². The summed E-state index contributed by atoms with van der Waals surface area (Å²) in [5.74, 6) is -0.560. The van der Waals surface area contributed by atoms with Crippen LogP contribution < -0.4 is 5.73 Å². The highest BCUT2D eigenvalue weighted by Crippen LogP contribution is 2.36. The van der Waals surface area contributed by atoms with Crippen LogP contribution in [0.2, 0.25) is 0 Å². The number of carbonyl (C=O) groups excluding carboxylic acids is 1. The molecular weight excluding hydrogens is 400 g/mol. The van der Waals surface area contributed by atoms with Crippen LogP contribution in [-0.2, 0) is 6.42 Å². The van der Waals surface area contributed by atoms with E-state index in [1.54, 1.807) is 0 Å². The molecule has 4 aromatic rings. The molecule has 0 aliphatic heterocycles. The van der Waals surface area contributed by atoms with E-state index in [0.29, 0.717) is 6.42 Å². The zero-order chi connectivity index (χ0) is 17.4. The summed E-state index contributed by atoms with van der Waals surface area (Å²) < 4.78 is 1.80. The molecule has 0 aliphatic rings. The normalized spacial score (nSPS) is 11.1. The minimum atomic E-state index is -0.560. The van der Waals surface area contributed by atoms with E-state index < -0.39 is 5.91 Å². The lowest BCUT2D eigenvalue weighted by Gasteiger charge is -2.02. The summed E-state index contributed by atoms with van der Waals surface area (Å²) in [6, 6.07) is 12.1. The van der Waals surface area contributed by atoms with E-state index in [0.717, 1.165) is 36.3 Å². The lowest BCUT2D eigenvalue weighted by atomic mass is 10.1. The Bertz CT molecular complexity index is 1050. The first kappa shape index (κ1) is 16.0. The third kappa shape index (κ3) is 3.08. The number of aromatic amines is 1. The molecule has 5 nitrogen and oxygen atoms in total. The largest absolute Gasteiger partial charge is 0.367 e. The van der Waals surface area contributed by atoms with Crippen molar-refractivity contribution in [3.8, 4) is 10.4 Å². The molecule has 0 spiro atoms. The van der Waals surface area contributed by atoms with Gasteiger partial charge in [0.15, 0.2) is 5.69 Å². The van der Waals surface area contributed by atoms with Gasteiger partial charge in [-0.15, -0.1) is 16.4 Å². The summed E-state index contributed by atoms with van der Waals surface area (Å²) in [6.07, 6.45) is 4.44. The Morgan fingerprint density at radius 3 is 2.68 bits per heavy atom. The first-order valence-corrected chi connectivity index (χ1v) is 9.19. The van der Waals surface area contributed by atoms with Gasteiger partial charge in [-0.1, -0.05) is 28.1 Å². The predicted molar refractivity (Wildman–Crippen MR) is 103 cm³/mol. The van der Waals surface area contributed by atoms with Crippen LogP contribution in [0.25, 0.3) is 20.5 Å². The molecule has 0 aliphatic carbocycles. The topological polar surface area (TPSA) is 84.7 Å². The zero-order valence-electron chi connectivity index (χ0n) is 13.0. The molecule has 7 heteroatoms. The fourth-order valence-electron chi connectivity index (χ4n) is 2.70. The van der Waals surface area contributed by atoms with Crippen molar-refractivity contribution >= 4 is 43.3 Å². The number of carbonyl (C=O) groups is 1. The molecule has 0 bridgehead atoms.